The van der Waals surface area contributed by atoms with Crippen molar-refractivity contribution in [1.82, 2.24) is 10.6 Å². The fourth-order valence-electron chi connectivity index (χ4n) is 2.87. The van der Waals surface area contributed by atoms with Gasteiger partial charge in [0.2, 0.25) is 6.10 Å². The van der Waals surface area contributed by atoms with Crippen molar-refractivity contribution in [3.8, 4) is 11.5 Å². The van der Waals surface area contributed by atoms with Gasteiger partial charge in [0.25, 0.3) is 5.91 Å². The molecule has 3 rings (SSSR count). The zero-order valence-corrected chi connectivity index (χ0v) is 12.3. The van der Waals surface area contributed by atoms with Crippen molar-refractivity contribution in [2.45, 2.75) is 44.4 Å². The predicted molar refractivity (Wildman–Crippen MR) is 79.6 cm³/mol. The molecule has 5 heteroatoms. The van der Waals surface area contributed by atoms with Gasteiger partial charge in [-0.05, 0) is 38.4 Å². The van der Waals surface area contributed by atoms with Crippen LogP contribution in [-0.4, -0.2) is 37.2 Å². The molecule has 3 atom stereocenters. The largest absolute Gasteiger partial charge is 0.485 e. The van der Waals surface area contributed by atoms with Gasteiger partial charge >= 0.3 is 0 Å². The second-order valence-corrected chi connectivity index (χ2v) is 5.72. The molecule has 2 aliphatic rings. The van der Waals surface area contributed by atoms with Gasteiger partial charge in [0.1, 0.15) is 6.61 Å². The standard InChI is InChI=1S/C16H22N2O3/c1-11(12-6-4-5-9-17-12)18-16(19)15-10-20-13-7-2-3-8-14(13)21-15/h2-3,7-8,11-12,15,17H,4-6,9-10H2,1H3,(H,18,19). The van der Waals surface area contributed by atoms with E-state index in [1.165, 1.54) is 12.8 Å². The molecule has 114 valence electrons. The van der Waals surface area contributed by atoms with E-state index in [2.05, 4.69) is 10.6 Å². The molecule has 0 bridgehead atoms. The van der Waals surface area contributed by atoms with E-state index in [1.54, 1.807) is 0 Å². The third-order valence-corrected chi connectivity index (χ3v) is 4.12. The van der Waals surface area contributed by atoms with Crippen LogP contribution in [0.5, 0.6) is 11.5 Å². The van der Waals surface area contributed by atoms with Crippen LogP contribution in [0.2, 0.25) is 0 Å². The Hall–Kier alpha value is -1.75. The number of hydrogen-bond donors (Lipinski definition) is 2. The number of amides is 1. The minimum atomic E-state index is -0.578. The van der Waals surface area contributed by atoms with Crippen LogP contribution in [0, 0.1) is 0 Å². The Morgan fingerprint density at radius 1 is 1.33 bits per heavy atom. The van der Waals surface area contributed by atoms with E-state index in [0.717, 1.165) is 13.0 Å². The summed E-state index contributed by atoms with van der Waals surface area (Å²) in [5.74, 6) is 1.22. The smallest absolute Gasteiger partial charge is 0.264 e. The molecule has 5 nitrogen and oxygen atoms in total. The number of nitrogens with one attached hydrogen (secondary N) is 2. The molecule has 3 unspecified atom stereocenters. The Morgan fingerprint density at radius 2 is 2.14 bits per heavy atom. The minimum Gasteiger partial charge on any atom is -0.485 e. The first kappa shape index (κ1) is 14.2. The number of benzene rings is 1. The van der Waals surface area contributed by atoms with Crippen LogP contribution in [0.15, 0.2) is 24.3 Å². The van der Waals surface area contributed by atoms with Gasteiger partial charge in [0.05, 0.1) is 0 Å². The van der Waals surface area contributed by atoms with E-state index in [0.29, 0.717) is 17.5 Å². The Morgan fingerprint density at radius 3 is 2.90 bits per heavy atom. The van der Waals surface area contributed by atoms with E-state index in [-0.39, 0.29) is 18.6 Å². The topological polar surface area (TPSA) is 59.6 Å². The quantitative estimate of drug-likeness (QED) is 0.885. The van der Waals surface area contributed by atoms with Crippen molar-refractivity contribution >= 4 is 5.91 Å². The molecule has 1 aromatic carbocycles. The molecule has 2 heterocycles. The minimum absolute atomic E-state index is 0.0959. The van der Waals surface area contributed by atoms with Crippen LogP contribution in [-0.2, 0) is 4.79 Å². The molecule has 1 aromatic rings. The zero-order valence-electron chi connectivity index (χ0n) is 12.3. The van der Waals surface area contributed by atoms with Gasteiger partial charge in [-0.15, -0.1) is 0 Å². The molecule has 0 aromatic heterocycles. The maximum absolute atomic E-state index is 12.3. The maximum atomic E-state index is 12.3. The fraction of sp³-hybridized carbons (Fsp3) is 0.562. The van der Waals surface area contributed by atoms with Crippen LogP contribution >= 0.6 is 0 Å². The lowest BCUT2D eigenvalue weighted by Crippen LogP contribution is -2.54. The molecule has 0 saturated carbocycles. The highest BCUT2D eigenvalue weighted by molar-refractivity contribution is 5.82. The highest BCUT2D eigenvalue weighted by Gasteiger charge is 2.29. The molecular weight excluding hydrogens is 268 g/mol. The molecule has 0 aliphatic carbocycles. The first-order valence-electron chi connectivity index (χ1n) is 7.66. The molecular formula is C16H22N2O3. The molecule has 21 heavy (non-hydrogen) atoms. The fourth-order valence-corrected chi connectivity index (χ4v) is 2.87. The van der Waals surface area contributed by atoms with E-state index in [1.807, 2.05) is 31.2 Å². The number of ether oxygens (including phenoxy) is 2. The van der Waals surface area contributed by atoms with Crippen molar-refractivity contribution in [2.24, 2.45) is 0 Å². The second kappa shape index (κ2) is 6.35. The van der Waals surface area contributed by atoms with Crippen molar-refractivity contribution in [1.29, 1.82) is 0 Å². The van der Waals surface area contributed by atoms with Crippen molar-refractivity contribution in [2.75, 3.05) is 13.2 Å². The van der Waals surface area contributed by atoms with Gasteiger partial charge < -0.3 is 20.1 Å². The summed E-state index contributed by atoms with van der Waals surface area (Å²) in [7, 11) is 0. The van der Waals surface area contributed by atoms with E-state index >= 15 is 0 Å². The third kappa shape index (κ3) is 3.29. The molecule has 2 aliphatic heterocycles. The average molecular weight is 290 g/mol. The normalized spacial score (nSPS) is 26.0. The van der Waals surface area contributed by atoms with Crippen LogP contribution in [0.4, 0.5) is 0 Å². The van der Waals surface area contributed by atoms with Crippen molar-refractivity contribution in [3.05, 3.63) is 24.3 Å². The number of hydrogen-bond acceptors (Lipinski definition) is 4. The zero-order chi connectivity index (χ0) is 14.7. The summed E-state index contributed by atoms with van der Waals surface area (Å²) in [6, 6.07) is 7.87. The molecule has 2 N–H and O–H groups in total. The molecule has 0 radical (unpaired) electrons. The third-order valence-electron chi connectivity index (χ3n) is 4.12. The predicted octanol–water partition coefficient (Wildman–Crippen LogP) is 1.47. The highest BCUT2D eigenvalue weighted by atomic mass is 16.6. The van der Waals surface area contributed by atoms with Crippen molar-refractivity contribution < 1.29 is 14.3 Å². The van der Waals surface area contributed by atoms with Gasteiger partial charge in [0, 0.05) is 12.1 Å². The molecule has 1 saturated heterocycles. The molecule has 0 spiro atoms. The number of para-hydroxylation sites is 2. The SMILES string of the molecule is CC(NC(=O)C1COc2ccccc2O1)C1CCCCN1. The second-order valence-electron chi connectivity index (χ2n) is 5.72. The summed E-state index contributed by atoms with van der Waals surface area (Å²) in [5, 5.41) is 6.50. The van der Waals surface area contributed by atoms with Gasteiger partial charge in [0.15, 0.2) is 11.5 Å². The number of carbonyl (C=O) groups is 1. The summed E-state index contributed by atoms with van der Waals surface area (Å²) in [4.78, 5) is 12.3. The summed E-state index contributed by atoms with van der Waals surface area (Å²) < 4.78 is 11.3. The Kier molecular flexibility index (Phi) is 4.29. The van der Waals surface area contributed by atoms with Crippen LogP contribution in [0.25, 0.3) is 0 Å². The Bertz CT molecular complexity index is 500. The summed E-state index contributed by atoms with van der Waals surface area (Å²) >= 11 is 0. The summed E-state index contributed by atoms with van der Waals surface area (Å²) in [5.41, 5.74) is 0. The lowest BCUT2D eigenvalue weighted by Gasteiger charge is -2.31. The molecule has 1 fully saturated rings. The number of rotatable bonds is 3. The first-order valence-corrected chi connectivity index (χ1v) is 7.66. The first-order chi connectivity index (χ1) is 10.2. The van der Waals surface area contributed by atoms with Gasteiger partial charge in [-0.25, -0.2) is 0 Å². The highest BCUT2D eigenvalue weighted by Crippen LogP contribution is 2.30. The summed E-state index contributed by atoms with van der Waals surface area (Å²) in [6.45, 7) is 3.33. The van der Waals surface area contributed by atoms with Crippen LogP contribution in [0.1, 0.15) is 26.2 Å². The maximum Gasteiger partial charge on any atom is 0.264 e. The Labute approximate surface area is 125 Å². The monoisotopic (exact) mass is 290 g/mol. The summed E-state index contributed by atoms with van der Waals surface area (Å²) in [6.07, 6.45) is 2.96. The Balaban J connectivity index is 1.56. The molecule has 1 amide bonds. The van der Waals surface area contributed by atoms with Gasteiger partial charge in [-0.2, -0.15) is 0 Å². The lowest BCUT2D eigenvalue weighted by molar-refractivity contribution is -0.131. The lowest BCUT2D eigenvalue weighted by atomic mass is 9.99. The average Bonchev–Trinajstić information content (AvgIpc) is 2.55. The van der Waals surface area contributed by atoms with Crippen LogP contribution in [0.3, 0.4) is 0 Å². The van der Waals surface area contributed by atoms with Gasteiger partial charge in [-0.3, -0.25) is 4.79 Å². The van der Waals surface area contributed by atoms with E-state index in [4.69, 9.17) is 9.47 Å². The number of carbonyl (C=O) groups excluding carboxylic acids is 1. The van der Waals surface area contributed by atoms with E-state index < -0.39 is 6.10 Å². The van der Waals surface area contributed by atoms with E-state index in [9.17, 15) is 4.79 Å². The van der Waals surface area contributed by atoms with Gasteiger partial charge in [-0.1, -0.05) is 18.6 Å². The van der Waals surface area contributed by atoms with Crippen LogP contribution < -0.4 is 20.1 Å². The van der Waals surface area contributed by atoms with Crippen molar-refractivity contribution in [3.63, 3.8) is 0 Å². The number of piperidine rings is 1. The number of fused-ring (bicyclic) bond motifs is 1.